The van der Waals surface area contributed by atoms with Crippen LogP contribution in [0.15, 0.2) is 22.7 Å². The van der Waals surface area contributed by atoms with Crippen molar-refractivity contribution >= 4 is 21.9 Å². The summed E-state index contributed by atoms with van der Waals surface area (Å²) in [7, 11) is 0. The molecule has 7 heteroatoms. The van der Waals surface area contributed by atoms with E-state index in [1.54, 1.807) is 0 Å². The summed E-state index contributed by atoms with van der Waals surface area (Å²) in [5, 5.41) is 9.36. The van der Waals surface area contributed by atoms with Crippen LogP contribution in [0.2, 0.25) is 0 Å². The van der Waals surface area contributed by atoms with E-state index < -0.39 is 23.5 Å². The highest BCUT2D eigenvalue weighted by Crippen LogP contribution is 2.46. The molecule has 1 aromatic carbocycles. The molecule has 0 unspecified atom stereocenters. The highest BCUT2D eigenvalue weighted by Gasteiger charge is 2.63. The fraction of sp³-hybridized carbons (Fsp3) is 0.222. The van der Waals surface area contributed by atoms with Crippen LogP contribution < -0.4 is 0 Å². The molecule has 0 bridgehead atoms. The van der Waals surface area contributed by atoms with E-state index >= 15 is 0 Å². The lowest BCUT2D eigenvalue weighted by molar-refractivity contribution is -0.349. The van der Waals surface area contributed by atoms with Gasteiger partial charge in [-0.2, -0.15) is 13.2 Å². The molecule has 0 saturated carbocycles. The van der Waals surface area contributed by atoms with Crippen LogP contribution >= 0.6 is 15.9 Å². The standard InChI is InChI=1S/C9H4BrF3O3/c10-4-1-2-6-5(3-4)7(14)16-8(6,15)9(11,12)13/h1-3,15H/t8-/m1/s1. The fourth-order valence-electron chi connectivity index (χ4n) is 1.44. The average molecular weight is 297 g/mol. The monoisotopic (exact) mass is 296 g/mol. The molecule has 1 aliphatic heterocycles. The smallest absolute Gasteiger partial charge is 0.415 e. The minimum atomic E-state index is -5.07. The molecular weight excluding hydrogens is 293 g/mol. The molecule has 1 N–H and O–H groups in total. The number of hydrogen-bond donors (Lipinski definition) is 1. The quantitative estimate of drug-likeness (QED) is 0.748. The SMILES string of the molecule is O=C1O[C@@](O)(C(F)(F)F)c2ccc(Br)cc21. The van der Waals surface area contributed by atoms with Crippen molar-refractivity contribution < 1.29 is 27.8 Å². The van der Waals surface area contributed by atoms with Gasteiger partial charge in [-0.15, -0.1) is 0 Å². The number of ether oxygens (including phenoxy) is 1. The van der Waals surface area contributed by atoms with Crippen molar-refractivity contribution in [3.05, 3.63) is 33.8 Å². The highest BCUT2D eigenvalue weighted by atomic mass is 79.9. The number of hydrogen-bond acceptors (Lipinski definition) is 3. The number of halogens is 4. The topological polar surface area (TPSA) is 46.5 Å². The van der Waals surface area contributed by atoms with Gasteiger partial charge in [-0.05, 0) is 12.1 Å². The first kappa shape index (κ1) is 11.4. The van der Waals surface area contributed by atoms with E-state index in [1.807, 2.05) is 0 Å². The van der Waals surface area contributed by atoms with Gasteiger partial charge in [0.25, 0.3) is 0 Å². The lowest BCUT2D eigenvalue weighted by Crippen LogP contribution is -2.42. The van der Waals surface area contributed by atoms with Crippen LogP contribution in [0.3, 0.4) is 0 Å². The van der Waals surface area contributed by atoms with Gasteiger partial charge in [0.05, 0.1) is 5.56 Å². The van der Waals surface area contributed by atoms with E-state index in [-0.39, 0.29) is 5.56 Å². The molecule has 0 amide bonds. The van der Waals surface area contributed by atoms with Gasteiger partial charge in [-0.3, -0.25) is 0 Å². The van der Waals surface area contributed by atoms with E-state index in [2.05, 4.69) is 20.7 Å². The lowest BCUT2D eigenvalue weighted by Gasteiger charge is -2.24. The van der Waals surface area contributed by atoms with Gasteiger partial charge >= 0.3 is 17.9 Å². The fourth-order valence-corrected chi connectivity index (χ4v) is 1.80. The molecule has 0 spiro atoms. The summed E-state index contributed by atoms with van der Waals surface area (Å²) in [6.07, 6.45) is -5.07. The van der Waals surface area contributed by atoms with Gasteiger partial charge in [0.1, 0.15) is 0 Å². The molecule has 86 valence electrons. The molecule has 1 heterocycles. The number of alkyl halides is 3. The van der Waals surface area contributed by atoms with E-state index in [4.69, 9.17) is 0 Å². The van der Waals surface area contributed by atoms with Crippen LogP contribution in [-0.2, 0) is 10.5 Å². The number of rotatable bonds is 0. The van der Waals surface area contributed by atoms with E-state index in [9.17, 15) is 23.1 Å². The van der Waals surface area contributed by atoms with Crippen LogP contribution in [0.4, 0.5) is 13.2 Å². The first-order valence-electron chi connectivity index (χ1n) is 4.08. The molecule has 0 aliphatic carbocycles. The summed E-state index contributed by atoms with van der Waals surface area (Å²) in [6.45, 7) is 0. The number of aliphatic hydroxyl groups is 1. The van der Waals surface area contributed by atoms with Crippen LogP contribution in [-0.4, -0.2) is 17.3 Å². The third kappa shape index (κ3) is 1.42. The first-order valence-corrected chi connectivity index (χ1v) is 4.87. The largest absolute Gasteiger partial charge is 0.460 e. The number of cyclic esters (lactones) is 1. The van der Waals surface area contributed by atoms with Crippen molar-refractivity contribution in [3.8, 4) is 0 Å². The van der Waals surface area contributed by atoms with E-state index in [1.165, 1.54) is 12.1 Å². The molecule has 0 saturated heterocycles. The van der Waals surface area contributed by atoms with Gasteiger partial charge in [0.15, 0.2) is 0 Å². The van der Waals surface area contributed by atoms with Gasteiger partial charge in [0.2, 0.25) is 0 Å². The normalized spacial score (nSPS) is 24.2. The summed E-state index contributed by atoms with van der Waals surface area (Å²) in [4.78, 5) is 11.2. The molecule has 16 heavy (non-hydrogen) atoms. The van der Waals surface area contributed by atoms with Crippen molar-refractivity contribution in [3.63, 3.8) is 0 Å². The van der Waals surface area contributed by atoms with Crippen molar-refractivity contribution in [2.45, 2.75) is 12.0 Å². The predicted molar refractivity (Wildman–Crippen MR) is 49.5 cm³/mol. The predicted octanol–water partition coefficient (Wildman–Crippen LogP) is 2.33. The first-order chi connectivity index (χ1) is 7.25. The van der Waals surface area contributed by atoms with E-state index in [0.29, 0.717) is 4.47 Å². The Labute approximate surface area is 96.0 Å². The Hall–Kier alpha value is -1.08. The Morgan fingerprint density at radius 3 is 2.56 bits per heavy atom. The summed E-state index contributed by atoms with van der Waals surface area (Å²) in [6, 6.07) is 3.46. The van der Waals surface area contributed by atoms with Crippen LogP contribution in [0.1, 0.15) is 15.9 Å². The molecule has 0 radical (unpaired) electrons. The summed E-state index contributed by atoms with van der Waals surface area (Å²) in [5.41, 5.74) is -0.887. The highest BCUT2D eigenvalue weighted by molar-refractivity contribution is 9.10. The number of carbonyl (C=O) groups is 1. The second kappa shape index (κ2) is 3.21. The van der Waals surface area contributed by atoms with Gasteiger partial charge in [-0.25, -0.2) is 4.79 Å². The maximum Gasteiger partial charge on any atom is 0.460 e. The number of fused-ring (bicyclic) bond motifs is 1. The Kier molecular flexibility index (Phi) is 2.29. The van der Waals surface area contributed by atoms with Crippen molar-refractivity contribution in [1.82, 2.24) is 0 Å². The van der Waals surface area contributed by atoms with Crippen LogP contribution in [0.25, 0.3) is 0 Å². The Morgan fingerprint density at radius 2 is 2.00 bits per heavy atom. The maximum atomic E-state index is 12.6. The summed E-state index contributed by atoms with van der Waals surface area (Å²) >= 11 is 3.01. The zero-order valence-corrected chi connectivity index (χ0v) is 9.09. The third-order valence-corrected chi connectivity index (χ3v) is 2.68. The zero-order valence-electron chi connectivity index (χ0n) is 7.51. The number of esters is 1. The van der Waals surface area contributed by atoms with Crippen LogP contribution in [0.5, 0.6) is 0 Å². The third-order valence-electron chi connectivity index (χ3n) is 2.19. The Bertz CT molecular complexity index is 472. The Balaban J connectivity index is 2.64. The second-order valence-corrected chi connectivity index (χ2v) is 4.14. The van der Waals surface area contributed by atoms with Gasteiger partial charge < -0.3 is 9.84 Å². The molecule has 0 aromatic heterocycles. The second-order valence-electron chi connectivity index (χ2n) is 3.22. The molecular formula is C9H4BrF3O3. The minimum Gasteiger partial charge on any atom is -0.415 e. The van der Waals surface area contributed by atoms with E-state index in [0.717, 1.165) is 6.07 Å². The van der Waals surface area contributed by atoms with Crippen molar-refractivity contribution in [2.75, 3.05) is 0 Å². The van der Waals surface area contributed by atoms with Gasteiger partial charge in [-0.1, -0.05) is 22.0 Å². The van der Waals surface area contributed by atoms with Crippen molar-refractivity contribution in [2.24, 2.45) is 0 Å². The van der Waals surface area contributed by atoms with Gasteiger partial charge in [0, 0.05) is 10.0 Å². The zero-order chi connectivity index (χ0) is 12.1. The van der Waals surface area contributed by atoms with Crippen molar-refractivity contribution in [1.29, 1.82) is 0 Å². The maximum absolute atomic E-state index is 12.6. The summed E-state index contributed by atoms with van der Waals surface area (Å²) < 4.78 is 42.1. The molecule has 1 aliphatic rings. The molecule has 3 nitrogen and oxygen atoms in total. The molecule has 0 fully saturated rings. The number of benzene rings is 1. The molecule has 1 atom stereocenters. The lowest BCUT2D eigenvalue weighted by atomic mass is 10.0. The molecule has 2 rings (SSSR count). The number of carbonyl (C=O) groups excluding carboxylic acids is 1. The minimum absolute atomic E-state index is 0.297. The van der Waals surface area contributed by atoms with Crippen LogP contribution in [0, 0.1) is 0 Å². The molecule has 1 aromatic rings. The summed E-state index contributed by atoms with van der Waals surface area (Å²) in [5.74, 6) is -4.74. The Morgan fingerprint density at radius 1 is 1.38 bits per heavy atom. The average Bonchev–Trinajstić information content (AvgIpc) is 2.39.